The first kappa shape index (κ1) is 25.7. The summed E-state index contributed by atoms with van der Waals surface area (Å²) >= 11 is 0. The van der Waals surface area contributed by atoms with E-state index in [-0.39, 0.29) is 24.5 Å². The third-order valence-electron chi connectivity index (χ3n) is 3.92. The maximum Gasteiger partial charge on any atom is 0.277 e. The molecule has 0 unspecified atom stereocenters. The van der Waals surface area contributed by atoms with Crippen LogP contribution in [0.2, 0.25) is 0 Å². The lowest BCUT2D eigenvalue weighted by molar-refractivity contribution is -0.0185. The molecule has 0 aliphatic rings. The summed E-state index contributed by atoms with van der Waals surface area (Å²) in [6, 6.07) is 4.50. The van der Waals surface area contributed by atoms with Crippen molar-refractivity contribution in [3.8, 4) is 12.3 Å². The Balaban J connectivity index is 2.46. The second-order valence-corrected chi connectivity index (χ2v) is 7.30. The molecule has 1 amide bonds. The van der Waals surface area contributed by atoms with E-state index in [4.69, 9.17) is 21.2 Å². The van der Waals surface area contributed by atoms with Gasteiger partial charge in [-0.3, -0.25) is 9.63 Å². The zero-order valence-electron chi connectivity index (χ0n) is 17.8. The van der Waals surface area contributed by atoms with Crippen molar-refractivity contribution in [2.75, 3.05) is 25.1 Å². The summed E-state index contributed by atoms with van der Waals surface area (Å²) in [5.41, 5.74) is -0.918. The topological polar surface area (TPSA) is 112 Å². The van der Waals surface area contributed by atoms with E-state index in [1.54, 1.807) is 0 Å². The van der Waals surface area contributed by atoms with E-state index in [0.717, 1.165) is 18.3 Å². The lowest BCUT2D eigenvalue weighted by atomic mass is 10.1. The number of hydroxylamine groups is 1. The second-order valence-electron chi connectivity index (χ2n) is 7.30. The fourth-order valence-corrected chi connectivity index (χ4v) is 2.39. The van der Waals surface area contributed by atoms with Gasteiger partial charge in [-0.05, 0) is 38.1 Å². The van der Waals surface area contributed by atoms with Crippen LogP contribution in [0.4, 0.5) is 24.5 Å². The zero-order valence-corrected chi connectivity index (χ0v) is 17.8. The van der Waals surface area contributed by atoms with Gasteiger partial charge in [-0.15, -0.1) is 6.42 Å². The van der Waals surface area contributed by atoms with Crippen molar-refractivity contribution in [3.63, 3.8) is 0 Å². The van der Waals surface area contributed by atoms with Gasteiger partial charge in [0.25, 0.3) is 5.91 Å². The molecular weight excluding hydrogens is 443 g/mol. The Kier molecular flexibility index (Phi) is 8.81. The number of rotatable bonds is 10. The number of nitrogens with zero attached hydrogens (tertiary/aromatic N) is 1. The molecule has 33 heavy (non-hydrogen) atoms. The molecule has 0 saturated carbocycles. The number of oxime groups is 1. The highest BCUT2D eigenvalue weighted by Gasteiger charge is 2.23. The SMILES string of the molecule is C#Cc1ccc(Nc2c(C(=O)NOCCO)cc(/C=N/OCC(C)(C)O)c(F)c2F)c(F)c1. The van der Waals surface area contributed by atoms with Crippen LogP contribution in [0, 0.1) is 29.8 Å². The van der Waals surface area contributed by atoms with E-state index in [1.807, 2.05) is 5.48 Å². The third kappa shape index (κ3) is 7.21. The highest BCUT2D eigenvalue weighted by atomic mass is 19.2. The minimum atomic E-state index is -1.51. The monoisotopic (exact) mass is 465 g/mol. The number of aliphatic hydroxyl groups excluding tert-OH is 1. The van der Waals surface area contributed by atoms with Gasteiger partial charge in [-0.2, -0.15) is 0 Å². The van der Waals surface area contributed by atoms with Gasteiger partial charge in [0.15, 0.2) is 11.6 Å². The van der Waals surface area contributed by atoms with E-state index in [2.05, 4.69) is 16.4 Å². The van der Waals surface area contributed by atoms with Gasteiger partial charge >= 0.3 is 0 Å². The molecule has 2 aromatic carbocycles. The number of hydrogen-bond donors (Lipinski definition) is 4. The van der Waals surface area contributed by atoms with E-state index < -0.39 is 52.4 Å². The average Bonchev–Trinajstić information content (AvgIpc) is 2.76. The van der Waals surface area contributed by atoms with E-state index in [9.17, 15) is 23.1 Å². The molecule has 0 aliphatic carbocycles. The minimum absolute atomic E-state index is 0.220. The Morgan fingerprint density at radius 2 is 2.00 bits per heavy atom. The van der Waals surface area contributed by atoms with Crippen LogP contribution in [0.1, 0.15) is 35.3 Å². The van der Waals surface area contributed by atoms with Crippen molar-refractivity contribution < 1.29 is 37.9 Å². The Bertz CT molecular complexity index is 1080. The number of amides is 1. The number of halogens is 3. The molecule has 0 fully saturated rings. The quantitative estimate of drug-likeness (QED) is 0.186. The molecule has 0 spiro atoms. The summed E-state index contributed by atoms with van der Waals surface area (Å²) in [6.45, 7) is 2.00. The van der Waals surface area contributed by atoms with Crippen LogP contribution in [-0.4, -0.2) is 47.8 Å². The van der Waals surface area contributed by atoms with Crippen molar-refractivity contribution in [1.82, 2.24) is 5.48 Å². The normalized spacial score (nSPS) is 11.3. The summed E-state index contributed by atoms with van der Waals surface area (Å²) in [4.78, 5) is 22.1. The molecule has 2 aromatic rings. The van der Waals surface area contributed by atoms with Crippen LogP contribution in [0.5, 0.6) is 0 Å². The Hall–Kier alpha value is -3.59. The number of aliphatic hydroxyl groups is 2. The number of nitrogens with one attached hydrogen (secondary N) is 2. The zero-order chi connectivity index (χ0) is 24.6. The lowest BCUT2D eigenvalue weighted by Crippen LogP contribution is -2.26. The van der Waals surface area contributed by atoms with Gasteiger partial charge in [-0.1, -0.05) is 11.1 Å². The fraction of sp³-hybridized carbons (Fsp3) is 0.273. The van der Waals surface area contributed by atoms with Crippen LogP contribution in [0.25, 0.3) is 0 Å². The number of carbonyl (C=O) groups excluding carboxylic acids is 1. The summed E-state index contributed by atoms with van der Waals surface area (Å²) < 4.78 is 43.9. The van der Waals surface area contributed by atoms with Crippen molar-refractivity contribution in [2.24, 2.45) is 5.16 Å². The third-order valence-corrected chi connectivity index (χ3v) is 3.92. The summed E-state index contributed by atoms with van der Waals surface area (Å²) in [5, 5.41) is 24.2. The summed E-state index contributed by atoms with van der Waals surface area (Å²) in [7, 11) is 0. The summed E-state index contributed by atoms with van der Waals surface area (Å²) in [6.07, 6.45) is 6.02. The molecule has 0 aliphatic heterocycles. The molecule has 2 rings (SSSR count). The molecule has 0 radical (unpaired) electrons. The molecule has 176 valence electrons. The van der Waals surface area contributed by atoms with Gasteiger partial charge in [0.2, 0.25) is 0 Å². The first-order chi connectivity index (χ1) is 15.6. The highest BCUT2D eigenvalue weighted by Crippen LogP contribution is 2.30. The molecule has 0 atom stereocenters. The van der Waals surface area contributed by atoms with Crippen molar-refractivity contribution in [1.29, 1.82) is 0 Å². The van der Waals surface area contributed by atoms with Gasteiger partial charge in [0.1, 0.15) is 12.4 Å². The Morgan fingerprint density at radius 3 is 2.61 bits per heavy atom. The lowest BCUT2D eigenvalue weighted by Gasteiger charge is -2.16. The largest absolute Gasteiger partial charge is 0.394 e. The fourth-order valence-electron chi connectivity index (χ4n) is 2.39. The van der Waals surface area contributed by atoms with Crippen molar-refractivity contribution in [3.05, 3.63) is 58.4 Å². The molecule has 0 bridgehead atoms. The molecule has 11 heteroatoms. The summed E-state index contributed by atoms with van der Waals surface area (Å²) in [5.74, 6) is -2.55. The predicted octanol–water partition coefficient (Wildman–Crippen LogP) is 2.60. The van der Waals surface area contributed by atoms with Crippen LogP contribution in [-0.2, 0) is 9.68 Å². The first-order valence-electron chi connectivity index (χ1n) is 9.53. The van der Waals surface area contributed by atoms with Gasteiger partial charge in [0, 0.05) is 11.1 Å². The Labute approximate surface area is 188 Å². The smallest absolute Gasteiger partial charge is 0.277 e. The minimum Gasteiger partial charge on any atom is -0.394 e. The predicted molar refractivity (Wildman–Crippen MR) is 114 cm³/mol. The van der Waals surface area contributed by atoms with E-state index in [0.29, 0.717) is 0 Å². The van der Waals surface area contributed by atoms with Crippen molar-refractivity contribution >= 4 is 23.5 Å². The van der Waals surface area contributed by atoms with Gasteiger partial charge in [-0.25, -0.2) is 18.7 Å². The van der Waals surface area contributed by atoms with Crippen LogP contribution in [0.3, 0.4) is 0 Å². The number of benzene rings is 2. The van der Waals surface area contributed by atoms with Crippen molar-refractivity contribution in [2.45, 2.75) is 19.4 Å². The standard InChI is InChI=1S/C22H22F3N3O5/c1-4-13-5-6-17(16(23)9-13)27-20-15(21(30)28-32-8-7-29)10-14(18(24)19(20)25)11-26-33-12-22(2,3)31/h1,5-6,9-11,27,29,31H,7-8,12H2,2-3H3,(H,28,30)/b26-11+. The van der Waals surface area contributed by atoms with Crippen LogP contribution in [0.15, 0.2) is 29.4 Å². The molecule has 0 heterocycles. The van der Waals surface area contributed by atoms with E-state index in [1.165, 1.54) is 26.0 Å². The number of anilines is 2. The Morgan fingerprint density at radius 1 is 1.27 bits per heavy atom. The van der Waals surface area contributed by atoms with Crippen LogP contribution >= 0.6 is 0 Å². The van der Waals surface area contributed by atoms with E-state index >= 15 is 0 Å². The molecular formula is C22H22F3N3O5. The van der Waals surface area contributed by atoms with Crippen LogP contribution < -0.4 is 10.8 Å². The van der Waals surface area contributed by atoms with Gasteiger partial charge < -0.3 is 20.4 Å². The van der Waals surface area contributed by atoms with Gasteiger partial charge in [0.05, 0.1) is 42.0 Å². The first-order valence-corrected chi connectivity index (χ1v) is 9.53. The number of carbonyl (C=O) groups is 1. The maximum absolute atomic E-state index is 14.9. The highest BCUT2D eigenvalue weighted by molar-refractivity contribution is 6.01. The molecule has 4 N–H and O–H groups in total. The average molecular weight is 465 g/mol. The number of hydrogen-bond acceptors (Lipinski definition) is 7. The molecule has 0 aromatic heterocycles. The molecule has 0 saturated heterocycles. The maximum atomic E-state index is 14.9. The number of terminal acetylenes is 1. The second kappa shape index (κ2) is 11.3. The molecule has 8 nitrogen and oxygen atoms in total.